The minimum atomic E-state index is -0.0806. The van der Waals surface area contributed by atoms with Gasteiger partial charge in [0.1, 0.15) is 17.8 Å². The molecule has 2 aromatic heterocycles. The number of aryl methyl sites for hydroxylation is 1. The van der Waals surface area contributed by atoms with Crippen LogP contribution in [-0.4, -0.2) is 28.2 Å². The number of rotatable bonds is 5. The van der Waals surface area contributed by atoms with Crippen molar-refractivity contribution >= 4 is 18.8 Å². The Morgan fingerprint density at radius 1 is 1.46 bits per heavy atom. The zero-order chi connectivity index (χ0) is 16.9. The van der Waals surface area contributed by atoms with Gasteiger partial charge in [-0.05, 0) is 32.5 Å². The van der Waals surface area contributed by atoms with Gasteiger partial charge in [-0.15, -0.1) is 0 Å². The van der Waals surface area contributed by atoms with Gasteiger partial charge in [-0.25, -0.2) is 4.98 Å². The number of nitrogens with zero attached hydrogens (tertiary/aromatic N) is 3. The quantitative estimate of drug-likeness (QED) is 0.853. The lowest BCUT2D eigenvalue weighted by Gasteiger charge is -2.22. The summed E-state index contributed by atoms with van der Waals surface area (Å²) in [5.74, 6) is 1.32. The fourth-order valence-corrected chi connectivity index (χ4v) is 3.04. The maximum atomic E-state index is 12.4. The van der Waals surface area contributed by atoms with Crippen LogP contribution in [0.2, 0.25) is 0 Å². The molecule has 1 N–H and O–H groups in total. The Morgan fingerprint density at radius 2 is 2.25 bits per heavy atom. The van der Waals surface area contributed by atoms with E-state index in [1.54, 1.807) is 24.7 Å². The average Bonchev–Trinajstić information content (AvgIpc) is 3.21. The molecule has 2 aromatic rings. The molecule has 0 saturated heterocycles. The monoisotopic (exact) mass is 326 g/mol. The summed E-state index contributed by atoms with van der Waals surface area (Å²) in [6.07, 6.45) is 12.3. The van der Waals surface area contributed by atoms with Crippen LogP contribution in [-0.2, 0) is 0 Å². The number of aliphatic imine (C=N–C) groups is 1. The molecule has 6 heteroatoms. The van der Waals surface area contributed by atoms with Crippen LogP contribution in [0.1, 0.15) is 48.3 Å². The summed E-state index contributed by atoms with van der Waals surface area (Å²) >= 11 is 0. The van der Waals surface area contributed by atoms with E-state index >= 15 is 0 Å². The number of aromatic nitrogens is 2. The number of hydrogen-bond acceptors (Lipinski definition) is 4. The second kappa shape index (κ2) is 7.29. The Kier molecular flexibility index (Phi) is 4.93. The highest BCUT2D eigenvalue weighted by atomic mass is 16.3. The van der Waals surface area contributed by atoms with E-state index in [2.05, 4.69) is 22.0 Å². The van der Waals surface area contributed by atoms with Gasteiger partial charge in [0.05, 0.1) is 11.8 Å². The summed E-state index contributed by atoms with van der Waals surface area (Å²) < 4.78 is 7.44. The zero-order valence-corrected chi connectivity index (χ0v) is 13.9. The molecule has 3 rings (SSSR count). The van der Waals surface area contributed by atoms with Crippen molar-refractivity contribution in [1.82, 2.24) is 14.9 Å². The van der Waals surface area contributed by atoms with Crippen LogP contribution in [0.3, 0.4) is 0 Å². The average molecular weight is 326 g/mol. The van der Waals surface area contributed by atoms with E-state index in [4.69, 9.17) is 4.42 Å². The normalized spacial score (nSPS) is 15.7. The molecule has 0 atom stereocenters. The molecule has 0 spiro atoms. The van der Waals surface area contributed by atoms with Gasteiger partial charge in [0.25, 0.3) is 5.91 Å². The van der Waals surface area contributed by atoms with Crippen molar-refractivity contribution in [2.45, 2.75) is 45.1 Å². The maximum absolute atomic E-state index is 12.4. The lowest BCUT2D eigenvalue weighted by atomic mass is 9.95. The molecule has 2 heterocycles. The van der Waals surface area contributed by atoms with E-state index in [1.165, 1.54) is 25.5 Å². The Labute approximate surface area is 141 Å². The van der Waals surface area contributed by atoms with E-state index in [0.717, 1.165) is 24.4 Å². The predicted octanol–water partition coefficient (Wildman–Crippen LogP) is 3.64. The summed E-state index contributed by atoms with van der Waals surface area (Å²) in [7, 11) is 0. The standard InChI is InChI=1S/C18H22N4O2/c1-13-20-11-16(22(13)9-8-19-2)17-10-14(12-24-17)18(23)21-15-6-4-3-5-7-15/h8-12,15H,2-7H2,1H3,(H,21,23)/b9-8-. The van der Waals surface area contributed by atoms with Crippen LogP contribution in [0, 0.1) is 6.92 Å². The molecule has 0 aromatic carbocycles. The third-order valence-electron chi connectivity index (χ3n) is 4.36. The van der Waals surface area contributed by atoms with Crippen LogP contribution in [0.4, 0.5) is 0 Å². The second-order valence-electron chi connectivity index (χ2n) is 6.05. The summed E-state index contributed by atoms with van der Waals surface area (Å²) in [6.45, 7) is 5.31. The van der Waals surface area contributed by atoms with Gasteiger partial charge in [-0.3, -0.25) is 14.4 Å². The third kappa shape index (κ3) is 3.48. The van der Waals surface area contributed by atoms with Crippen molar-refractivity contribution in [2.75, 3.05) is 0 Å². The zero-order valence-electron chi connectivity index (χ0n) is 13.9. The predicted molar refractivity (Wildman–Crippen MR) is 93.9 cm³/mol. The first-order valence-electron chi connectivity index (χ1n) is 8.25. The molecule has 0 radical (unpaired) electrons. The summed E-state index contributed by atoms with van der Waals surface area (Å²) in [5.41, 5.74) is 1.30. The molecule has 24 heavy (non-hydrogen) atoms. The van der Waals surface area contributed by atoms with Crippen LogP contribution < -0.4 is 5.32 Å². The molecular formula is C18H22N4O2. The topological polar surface area (TPSA) is 72.4 Å². The Balaban J connectivity index is 1.77. The summed E-state index contributed by atoms with van der Waals surface area (Å²) in [5, 5.41) is 3.10. The van der Waals surface area contributed by atoms with Crippen molar-refractivity contribution in [3.05, 3.63) is 36.1 Å². The van der Waals surface area contributed by atoms with E-state index in [9.17, 15) is 4.79 Å². The number of hydrogen-bond donors (Lipinski definition) is 1. The largest absolute Gasteiger partial charge is 0.462 e. The number of amides is 1. The Bertz CT molecular complexity index is 751. The number of carbonyl (C=O) groups is 1. The van der Waals surface area contributed by atoms with Gasteiger partial charge in [-0.2, -0.15) is 0 Å². The molecule has 1 amide bonds. The van der Waals surface area contributed by atoms with Crippen LogP contribution in [0.25, 0.3) is 17.7 Å². The summed E-state index contributed by atoms with van der Waals surface area (Å²) in [4.78, 5) is 20.4. The fraction of sp³-hybridized carbons (Fsp3) is 0.389. The number of nitrogens with one attached hydrogen (secondary N) is 1. The highest BCUT2D eigenvalue weighted by molar-refractivity contribution is 5.95. The lowest BCUT2D eigenvalue weighted by Crippen LogP contribution is -2.35. The number of imidazole rings is 1. The van der Waals surface area contributed by atoms with Gasteiger partial charge >= 0.3 is 0 Å². The van der Waals surface area contributed by atoms with Gasteiger partial charge in [0.2, 0.25) is 0 Å². The molecule has 1 aliphatic rings. The molecule has 0 aliphatic heterocycles. The maximum Gasteiger partial charge on any atom is 0.254 e. The molecule has 1 aliphatic carbocycles. The van der Waals surface area contributed by atoms with Gasteiger partial charge in [0, 0.05) is 18.4 Å². The van der Waals surface area contributed by atoms with Crippen LogP contribution in [0.5, 0.6) is 0 Å². The van der Waals surface area contributed by atoms with Crippen molar-refractivity contribution in [1.29, 1.82) is 0 Å². The minimum Gasteiger partial charge on any atom is -0.462 e. The molecule has 6 nitrogen and oxygen atoms in total. The summed E-state index contributed by atoms with van der Waals surface area (Å²) in [6, 6.07) is 2.03. The van der Waals surface area contributed by atoms with Crippen molar-refractivity contribution in [2.24, 2.45) is 4.99 Å². The first-order chi connectivity index (χ1) is 11.7. The molecule has 1 fully saturated rings. The Hall–Kier alpha value is -2.63. The molecule has 1 saturated carbocycles. The Morgan fingerprint density at radius 3 is 3.00 bits per heavy atom. The second-order valence-corrected chi connectivity index (χ2v) is 6.05. The van der Waals surface area contributed by atoms with E-state index in [0.29, 0.717) is 11.3 Å². The number of furan rings is 1. The van der Waals surface area contributed by atoms with Gasteiger partial charge < -0.3 is 9.73 Å². The highest BCUT2D eigenvalue weighted by Crippen LogP contribution is 2.24. The molecule has 0 bridgehead atoms. The first kappa shape index (κ1) is 16.2. The highest BCUT2D eigenvalue weighted by Gasteiger charge is 2.19. The van der Waals surface area contributed by atoms with Crippen LogP contribution in [0.15, 0.2) is 34.1 Å². The minimum absolute atomic E-state index is 0.0806. The molecular weight excluding hydrogens is 304 g/mol. The van der Waals surface area contributed by atoms with Crippen LogP contribution >= 0.6 is 0 Å². The SMILES string of the molecule is C=N/C=C\n1c(-c2cc(C(=O)NC3CCCCC3)co2)cnc1C. The first-order valence-corrected chi connectivity index (χ1v) is 8.25. The van der Waals surface area contributed by atoms with Crippen molar-refractivity contribution in [3.63, 3.8) is 0 Å². The van der Waals surface area contributed by atoms with Gasteiger partial charge in [-0.1, -0.05) is 19.3 Å². The third-order valence-corrected chi connectivity index (χ3v) is 4.36. The number of carbonyl (C=O) groups excluding carboxylic acids is 1. The van der Waals surface area contributed by atoms with E-state index in [1.807, 2.05) is 11.5 Å². The van der Waals surface area contributed by atoms with Crippen molar-refractivity contribution < 1.29 is 9.21 Å². The van der Waals surface area contributed by atoms with Crippen molar-refractivity contribution in [3.8, 4) is 11.5 Å². The lowest BCUT2D eigenvalue weighted by molar-refractivity contribution is 0.0927. The van der Waals surface area contributed by atoms with E-state index in [-0.39, 0.29) is 11.9 Å². The van der Waals surface area contributed by atoms with E-state index < -0.39 is 0 Å². The fourth-order valence-electron chi connectivity index (χ4n) is 3.04. The smallest absolute Gasteiger partial charge is 0.254 e. The molecule has 126 valence electrons. The van der Waals surface area contributed by atoms with Gasteiger partial charge in [0.15, 0.2) is 5.76 Å². The molecule has 0 unspecified atom stereocenters.